The standard InChI is InChI=1S/C12H22N2O3S/c1-8(2)10(11(15)17-4)14-12-13-9(7-18-12)5-6-16-3/h8-10H,5-7H2,1-4H3,(H,13,14). The third kappa shape index (κ3) is 4.49. The maximum absolute atomic E-state index is 11.6. The Hall–Kier alpha value is -0.750. The van der Waals surface area contributed by atoms with Gasteiger partial charge in [-0.25, -0.2) is 4.79 Å². The molecular weight excluding hydrogens is 252 g/mol. The van der Waals surface area contributed by atoms with E-state index in [0.717, 1.165) is 17.3 Å². The topological polar surface area (TPSA) is 59.9 Å². The lowest BCUT2D eigenvalue weighted by atomic mass is 10.1. The molecule has 1 aliphatic heterocycles. The first kappa shape index (κ1) is 15.3. The summed E-state index contributed by atoms with van der Waals surface area (Å²) < 4.78 is 9.83. The lowest BCUT2D eigenvalue weighted by Crippen LogP contribution is -2.43. The van der Waals surface area contributed by atoms with Crippen LogP contribution in [0.25, 0.3) is 0 Å². The lowest BCUT2D eigenvalue weighted by Gasteiger charge is -2.20. The highest BCUT2D eigenvalue weighted by Crippen LogP contribution is 2.20. The molecule has 1 heterocycles. The van der Waals surface area contributed by atoms with Crippen molar-refractivity contribution in [3.05, 3.63) is 0 Å². The summed E-state index contributed by atoms with van der Waals surface area (Å²) in [7, 11) is 3.10. The molecule has 18 heavy (non-hydrogen) atoms. The predicted octanol–water partition coefficient (Wildman–Crippen LogP) is 1.28. The summed E-state index contributed by atoms with van der Waals surface area (Å²) in [5, 5.41) is 4.00. The van der Waals surface area contributed by atoms with Gasteiger partial charge in [0.05, 0.1) is 13.2 Å². The van der Waals surface area contributed by atoms with Gasteiger partial charge in [0.2, 0.25) is 0 Å². The Balaban J connectivity index is 2.52. The van der Waals surface area contributed by atoms with Gasteiger partial charge in [0.1, 0.15) is 6.04 Å². The Kier molecular flexibility index (Phi) is 6.49. The first-order chi connectivity index (χ1) is 8.58. The quantitative estimate of drug-likeness (QED) is 0.739. The number of thioether (sulfide) groups is 1. The van der Waals surface area contributed by atoms with Crippen LogP contribution in [0, 0.1) is 5.92 Å². The van der Waals surface area contributed by atoms with Crippen LogP contribution >= 0.6 is 11.8 Å². The average Bonchev–Trinajstić information content (AvgIpc) is 2.80. The zero-order valence-corrected chi connectivity index (χ0v) is 12.3. The molecule has 0 fully saturated rings. The second-order valence-corrected chi connectivity index (χ2v) is 5.58. The minimum Gasteiger partial charge on any atom is -0.467 e. The molecule has 1 rings (SSSR count). The van der Waals surface area contributed by atoms with Gasteiger partial charge in [-0.3, -0.25) is 4.99 Å². The minimum absolute atomic E-state index is 0.166. The maximum Gasteiger partial charge on any atom is 0.328 e. The van der Waals surface area contributed by atoms with Gasteiger partial charge in [0, 0.05) is 19.5 Å². The molecule has 2 unspecified atom stereocenters. The van der Waals surface area contributed by atoms with Gasteiger partial charge in [-0.1, -0.05) is 25.6 Å². The highest BCUT2D eigenvalue weighted by atomic mass is 32.2. The van der Waals surface area contributed by atoms with Crippen molar-refractivity contribution in [1.29, 1.82) is 0 Å². The van der Waals surface area contributed by atoms with E-state index < -0.39 is 0 Å². The van der Waals surface area contributed by atoms with Crippen LogP contribution in [0.2, 0.25) is 0 Å². The Labute approximate surface area is 113 Å². The number of carbonyl (C=O) groups is 1. The molecule has 0 aromatic rings. The summed E-state index contributed by atoms with van der Waals surface area (Å²) in [4.78, 5) is 16.2. The molecule has 0 bridgehead atoms. The van der Waals surface area contributed by atoms with E-state index in [1.807, 2.05) is 13.8 Å². The van der Waals surface area contributed by atoms with Crippen molar-refractivity contribution >= 4 is 22.9 Å². The zero-order chi connectivity index (χ0) is 13.5. The molecule has 5 nitrogen and oxygen atoms in total. The Morgan fingerprint density at radius 2 is 2.28 bits per heavy atom. The van der Waals surface area contributed by atoms with Crippen LogP contribution in [0.3, 0.4) is 0 Å². The van der Waals surface area contributed by atoms with Gasteiger partial charge in [0.25, 0.3) is 0 Å². The molecule has 0 saturated heterocycles. The molecule has 0 aliphatic carbocycles. The Bertz CT molecular complexity index is 308. The van der Waals surface area contributed by atoms with Crippen LogP contribution in [0.1, 0.15) is 20.3 Å². The van der Waals surface area contributed by atoms with E-state index >= 15 is 0 Å². The lowest BCUT2D eigenvalue weighted by molar-refractivity contribution is -0.143. The normalized spacial score (nSPS) is 20.7. The molecule has 0 aromatic carbocycles. The number of ether oxygens (including phenoxy) is 2. The fraction of sp³-hybridized carbons (Fsp3) is 0.833. The fourth-order valence-electron chi connectivity index (χ4n) is 1.65. The predicted molar refractivity (Wildman–Crippen MR) is 74.0 cm³/mol. The number of hydrogen-bond acceptors (Lipinski definition) is 6. The van der Waals surface area contributed by atoms with Crippen LogP contribution in [0.4, 0.5) is 0 Å². The second kappa shape index (κ2) is 7.63. The third-order valence-corrected chi connectivity index (χ3v) is 3.82. The molecular formula is C12H22N2O3S. The third-order valence-electron chi connectivity index (χ3n) is 2.77. The Morgan fingerprint density at radius 3 is 2.83 bits per heavy atom. The molecule has 0 amide bonds. The summed E-state index contributed by atoms with van der Waals surface area (Å²) >= 11 is 1.65. The first-order valence-electron chi connectivity index (χ1n) is 6.12. The number of amidine groups is 1. The van der Waals surface area contributed by atoms with Crippen molar-refractivity contribution in [2.45, 2.75) is 32.4 Å². The molecule has 6 heteroatoms. The van der Waals surface area contributed by atoms with Crippen molar-refractivity contribution in [1.82, 2.24) is 5.32 Å². The molecule has 1 aliphatic rings. The number of esters is 1. The maximum atomic E-state index is 11.6. The second-order valence-electron chi connectivity index (χ2n) is 4.57. The largest absolute Gasteiger partial charge is 0.467 e. The van der Waals surface area contributed by atoms with Gasteiger partial charge in [0.15, 0.2) is 5.17 Å². The summed E-state index contributed by atoms with van der Waals surface area (Å²) in [5.41, 5.74) is 0. The number of aliphatic imine (C=N–C) groups is 1. The number of methoxy groups -OCH3 is 2. The molecule has 0 saturated carbocycles. The number of carbonyl (C=O) groups excluding carboxylic acids is 1. The highest BCUT2D eigenvalue weighted by Gasteiger charge is 2.27. The smallest absolute Gasteiger partial charge is 0.328 e. The summed E-state index contributed by atoms with van der Waals surface area (Å²) in [6.45, 7) is 4.68. The number of nitrogens with zero attached hydrogens (tertiary/aromatic N) is 1. The van der Waals surface area contributed by atoms with E-state index in [2.05, 4.69) is 10.3 Å². The van der Waals surface area contributed by atoms with Crippen molar-refractivity contribution in [3.63, 3.8) is 0 Å². The van der Waals surface area contributed by atoms with Crippen molar-refractivity contribution in [2.24, 2.45) is 10.9 Å². The van der Waals surface area contributed by atoms with Gasteiger partial charge in [-0.15, -0.1) is 0 Å². The molecule has 0 aromatic heterocycles. The fourth-order valence-corrected chi connectivity index (χ4v) is 2.68. The molecule has 1 N–H and O–H groups in total. The minimum atomic E-state index is -0.331. The first-order valence-corrected chi connectivity index (χ1v) is 7.11. The van der Waals surface area contributed by atoms with Crippen LogP contribution in [0.5, 0.6) is 0 Å². The van der Waals surface area contributed by atoms with E-state index in [1.165, 1.54) is 7.11 Å². The van der Waals surface area contributed by atoms with Gasteiger partial charge < -0.3 is 14.8 Å². The van der Waals surface area contributed by atoms with Crippen LogP contribution in [-0.2, 0) is 14.3 Å². The average molecular weight is 274 g/mol. The molecule has 2 atom stereocenters. The monoisotopic (exact) mass is 274 g/mol. The van der Waals surface area contributed by atoms with Crippen LogP contribution in [0.15, 0.2) is 4.99 Å². The van der Waals surface area contributed by atoms with Gasteiger partial charge >= 0.3 is 5.97 Å². The molecule has 0 radical (unpaired) electrons. The van der Waals surface area contributed by atoms with Crippen molar-refractivity contribution in [3.8, 4) is 0 Å². The van der Waals surface area contributed by atoms with E-state index in [-0.39, 0.29) is 24.0 Å². The van der Waals surface area contributed by atoms with Gasteiger partial charge in [-0.05, 0) is 12.3 Å². The van der Waals surface area contributed by atoms with E-state index in [4.69, 9.17) is 9.47 Å². The summed E-state index contributed by atoms with van der Waals surface area (Å²) in [6, 6.07) is -0.0506. The van der Waals surface area contributed by atoms with E-state index in [9.17, 15) is 4.79 Å². The van der Waals surface area contributed by atoms with Crippen molar-refractivity contribution < 1.29 is 14.3 Å². The van der Waals surface area contributed by atoms with Crippen molar-refractivity contribution in [2.75, 3.05) is 26.6 Å². The van der Waals surface area contributed by atoms with E-state index in [1.54, 1.807) is 18.9 Å². The van der Waals surface area contributed by atoms with Gasteiger partial charge in [-0.2, -0.15) is 0 Å². The molecule has 0 spiro atoms. The van der Waals surface area contributed by atoms with Crippen LogP contribution in [-0.4, -0.2) is 49.8 Å². The summed E-state index contributed by atoms with van der Waals surface area (Å²) in [6.07, 6.45) is 0.916. The molecule has 104 valence electrons. The number of nitrogens with one attached hydrogen (secondary N) is 1. The van der Waals surface area contributed by atoms with Crippen LogP contribution < -0.4 is 5.32 Å². The summed E-state index contributed by atoms with van der Waals surface area (Å²) in [5.74, 6) is 0.866. The number of rotatable bonds is 6. The Morgan fingerprint density at radius 1 is 1.56 bits per heavy atom. The highest BCUT2D eigenvalue weighted by molar-refractivity contribution is 8.14. The number of hydrogen-bond donors (Lipinski definition) is 1. The SMILES string of the molecule is COCCC1CSC(NC(C(=O)OC)C(C)C)=N1. The van der Waals surface area contributed by atoms with E-state index in [0.29, 0.717) is 6.61 Å². The zero-order valence-electron chi connectivity index (χ0n) is 11.4.